The molecule has 0 bridgehead atoms. The van der Waals surface area contributed by atoms with Crippen molar-refractivity contribution in [2.75, 3.05) is 0 Å². The lowest BCUT2D eigenvalue weighted by Crippen LogP contribution is -1.89. The molecule has 0 saturated heterocycles. The number of pyridine rings is 1. The number of nitrogens with zero attached hydrogens (tertiary/aromatic N) is 1. The van der Waals surface area contributed by atoms with Crippen LogP contribution in [-0.2, 0) is 6.42 Å². The van der Waals surface area contributed by atoms with E-state index in [9.17, 15) is 4.39 Å². The van der Waals surface area contributed by atoms with Gasteiger partial charge in [0.15, 0.2) is 0 Å². The van der Waals surface area contributed by atoms with Crippen molar-refractivity contribution < 1.29 is 4.39 Å². The van der Waals surface area contributed by atoms with Gasteiger partial charge in [-0.05, 0) is 25.0 Å². The van der Waals surface area contributed by atoms with E-state index in [0.29, 0.717) is 0 Å². The molecule has 0 aliphatic carbocycles. The van der Waals surface area contributed by atoms with Crippen molar-refractivity contribution in [1.82, 2.24) is 4.98 Å². The van der Waals surface area contributed by atoms with Gasteiger partial charge in [-0.15, -0.1) is 0 Å². The van der Waals surface area contributed by atoms with Gasteiger partial charge in [-0.3, -0.25) is 4.98 Å². The van der Waals surface area contributed by atoms with Crippen LogP contribution < -0.4 is 0 Å². The Morgan fingerprint density at radius 2 is 2.27 bits per heavy atom. The molecule has 1 aromatic rings. The van der Waals surface area contributed by atoms with Crippen molar-refractivity contribution in [3.63, 3.8) is 0 Å². The summed E-state index contributed by atoms with van der Waals surface area (Å²) >= 11 is 0. The van der Waals surface area contributed by atoms with Crippen LogP contribution in [0.4, 0.5) is 4.39 Å². The summed E-state index contributed by atoms with van der Waals surface area (Å²) in [5.41, 5.74) is 0.980. The predicted molar refractivity (Wildman–Crippen MR) is 42.8 cm³/mol. The second-order valence-corrected chi connectivity index (χ2v) is 2.57. The average molecular weight is 153 g/mol. The zero-order chi connectivity index (χ0) is 8.10. The van der Waals surface area contributed by atoms with Crippen LogP contribution >= 0.6 is 0 Å². The van der Waals surface area contributed by atoms with E-state index < -0.39 is 0 Å². The Morgan fingerprint density at radius 3 is 2.82 bits per heavy atom. The Morgan fingerprint density at radius 1 is 1.45 bits per heavy atom. The van der Waals surface area contributed by atoms with E-state index in [0.717, 1.165) is 25.0 Å². The lowest BCUT2D eigenvalue weighted by molar-refractivity contribution is 0.618. The number of hydrogen-bond donors (Lipinski definition) is 0. The van der Waals surface area contributed by atoms with Gasteiger partial charge in [0.05, 0.1) is 6.20 Å². The molecule has 0 amide bonds. The van der Waals surface area contributed by atoms with Crippen molar-refractivity contribution in [2.45, 2.75) is 26.2 Å². The van der Waals surface area contributed by atoms with Crippen molar-refractivity contribution >= 4 is 0 Å². The fourth-order valence-corrected chi connectivity index (χ4v) is 0.912. The van der Waals surface area contributed by atoms with Crippen LogP contribution in [0.5, 0.6) is 0 Å². The quantitative estimate of drug-likeness (QED) is 0.650. The molecule has 0 unspecified atom stereocenters. The fourth-order valence-electron chi connectivity index (χ4n) is 0.912. The molecule has 11 heavy (non-hydrogen) atoms. The number of rotatable bonds is 3. The van der Waals surface area contributed by atoms with Crippen LogP contribution in [0, 0.1) is 5.82 Å². The number of aryl methyl sites for hydroxylation is 1. The summed E-state index contributed by atoms with van der Waals surface area (Å²) in [6.45, 7) is 2.13. The Kier molecular flexibility index (Phi) is 3.02. The molecule has 0 fully saturated rings. The van der Waals surface area contributed by atoms with E-state index in [1.807, 2.05) is 0 Å². The first-order valence-corrected chi connectivity index (χ1v) is 3.93. The summed E-state index contributed by atoms with van der Waals surface area (Å²) in [6.07, 6.45) is 4.50. The molecule has 0 aliphatic heterocycles. The van der Waals surface area contributed by atoms with Gasteiger partial charge in [-0.25, -0.2) is 4.39 Å². The zero-order valence-electron chi connectivity index (χ0n) is 6.68. The Balaban J connectivity index is 2.52. The number of aromatic nitrogens is 1. The molecule has 0 aliphatic rings. The average Bonchev–Trinajstić information content (AvgIpc) is 2.04. The van der Waals surface area contributed by atoms with Gasteiger partial charge in [0, 0.05) is 5.69 Å². The maximum atomic E-state index is 12.3. The van der Waals surface area contributed by atoms with Crippen molar-refractivity contribution in [1.29, 1.82) is 0 Å². The summed E-state index contributed by atoms with van der Waals surface area (Å²) in [4.78, 5) is 3.94. The predicted octanol–water partition coefficient (Wildman–Crippen LogP) is 2.56. The molecule has 2 heteroatoms. The molecule has 1 rings (SSSR count). The second kappa shape index (κ2) is 4.06. The summed E-state index contributed by atoms with van der Waals surface area (Å²) in [5.74, 6) is -0.259. The van der Waals surface area contributed by atoms with E-state index in [1.54, 1.807) is 6.07 Å². The third-order valence-electron chi connectivity index (χ3n) is 1.58. The van der Waals surface area contributed by atoms with E-state index in [-0.39, 0.29) is 5.82 Å². The standard InChI is InChI=1S/C9H12FN/c1-2-3-4-9-6-5-8(10)7-11-9/h5-7H,2-4H2,1H3. The van der Waals surface area contributed by atoms with E-state index in [2.05, 4.69) is 11.9 Å². The minimum absolute atomic E-state index is 0.259. The second-order valence-electron chi connectivity index (χ2n) is 2.57. The molecule has 0 atom stereocenters. The Hall–Kier alpha value is -0.920. The van der Waals surface area contributed by atoms with Crippen molar-refractivity contribution in [2.24, 2.45) is 0 Å². The van der Waals surface area contributed by atoms with Crippen LogP contribution in [0.25, 0.3) is 0 Å². The highest BCUT2D eigenvalue weighted by atomic mass is 19.1. The smallest absolute Gasteiger partial charge is 0.141 e. The zero-order valence-corrected chi connectivity index (χ0v) is 6.68. The van der Waals surface area contributed by atoms with Gasteiger partial charge in [0.2, 0.25) is 0 Å². The van der Waals surface area contributed by atoms with Crippen LogP contribution in [0.3, 0.4) is 0 Å². The van der Waals surface area contributed by atoms with Gasteiger partial charge < -0.3 is 0 Å². The molecular weight excluding hydrogens is 141 g/mol. The summed E-state index contributed by atoms with van der Waals surface area (Å²) in [5, 5.41) is 0. The topological polar surface area (TPSA) is 12.9 Å². The molecule has 0 aromatic carbocycles. The lowest BCUT2D eigenvalue weighted by atomic mass is 10.2. The molecule has 1 heterocycles. The Labute approximate surface area is 66.3 Å². The third kappa shape index (κ3) is 2.66. The normalized spacial score (nSPS) is 10.0. The highest BCUT2D eigenvalue weighted by Gasteiger charge is 1.93. The minimum atomic E-state index is -0.259. The van der Waals surface area contributed by atoms with Gasteiger partial charge in [0.25, 0.3) is 0 Å². The molecule has 1 aromatic heterocycles. The molecular formula is C9H12FN. The van der Waals surface area contributed by atoms with Crippen LogP contribution in [-0.4, -0.2) is 4.98 Å². The maximum absolute atomic E-state index is 12.3. The van der Waals surface area contributed by atoms with E-state index in [1.165, 1.54) is 12.3 Å². The van der Waals surface area contributed by atoms with E-state index >= 15 is 0 Å². The first kappa shape index (κ1) is 8.18. The SMILES string of the molecule is CCCCc1ccc(F)cn1. The summed E-state index contributed by atoms with van der Waals surface area (Å²) in [6, 6.07) is 3.20. The molecule has 60 valence electrons. The monoisotopic (exact) mass is 153 g/mol. The first-order chi connectivity index (χ1) is 5.33. The number of halogens is 1. The molecule has 0 saturated carbocycles. The highest BCUT2D eigenvalue weighted by Crippen LogP contribution is 2.02. The molecule has 0 N–H and O–H groups in total. The lowest BCUT2D eigenvalue weighted by Gasteiger charge is -1.96. The van der Waals surface area contributed by atoms with Gasteiger partial charge in [-0.1, -0.05) is 13.3 Å². The van der Waals surface area contributed by atoms with Crippen LogP contribution in [0.1, 0.15) is 25.5 Å². The number of hydrogen-bond acceptors (Lipinski definition) is 1. The largest absolute Gasteiger partial charge is 0.258 e. The highest BCUT2D eigenvalue weighted by molar-refractivity contribution is 5.04. The van der Waals surface area contributed by atoms with Gasteiger partial charge >= 0.3 is 0 Å². The third-order valence-corrected chi connectivity index (χ3v) is 1.58. The molecule has 0 radical (unpaired) electrons. The number of unbranched alkanes of at least 4 members (excludes halogenated alkanes) is 1. The fraction of sp³-hybridized carbons (Fsp3) is 0.444. The van der Waals surface area contributed by atoms with Crippen LogP contribution in [0.2, 0.25) is 0 Å². The summed E-state index contributed by atoms with van der Waals surface area (Å²) in [7, 11) is 0. The van der Waals surface area contributed by atoms with Crippen LogP contribution in [0.15, 0.2) is 18.3 Å². The minimum Gasteiger partial charge on any atom is -0.258 e. The van der Waals surface area contributed by atoms with Gasteiger partial charge in [-0.2, -0.15) is 0 Å². The molecule has 0 spiro atoms. The van der Waals surface area contributed by atoms with E-state index in [4.69, 9.17) is 0 Å². The van der Waals surface area contributed by atoms with Crippen molar-refractivity contribution in [3.8, 4) is 0 Å². The first-order valence-electron chi connectivity index (χ1n) is 3.93. The Bertz CT molecular complexity index is 205. The summed E-state index contributed by atoms with van der Waals surface area (Å²) < 4.78 is 12.3. The van der Waals surface area contributed by atoms with Crippen molar-refractivity contribution in [3.05, 3.63) is 29.8 Å². The van der Waals surface area contributed by atoms with Gasteiger partial charge in [0.1, 0.15) is 5.82 Å². The molecule has 1 nitrogen and oxygen atoms in total. The maximum Gasteiger partial charge on any atom is 0.141 e.